The third kappa shape index (κ3) is 5.55. The lowest BCUT2D eigenvalue weighted by Crippen LogP contribution is -2.43. The van der Waals surface area contributed by atoms with Gasteiger partial charge < -0.3 is 10.1 Å². The number of carbonyl (C=O) groups excluding carboxylic acids is 3. The molecule has 2 unspecified atom stereocenters. The fourth-order valence-corrected chi connectivity index (χ4v) is 2.65. The van der Waals surface area contributed by atoms with E-state index in [9.17, 15) is 14.4 Å². The Balaban J connectivity index is 2.14. The Kier molecular flexibility index (Phi) is 7.09. The van der Waals surface area contributed by atoms with Crippen LogP contribution < -0.4 is 5.32 Å². The molecule has 26 heavy (non-hydrogen) atoms. The van der Waals surface area contributed by atoms with Gasteiger partial charge in [0, 0.05) is 12.0 Å². The molecule has 0 aromatic heterocycles. The minimum Gasteiger partial charge on any atom is -0.469 e. The predicted octanol–water partition coefficient (Wildman–Crippen LogP) is 2.80. The van der Waals surface area contributed by atoms with Gasteiger partial charge in [0.15, 0.2) is 5.78 Å². The summed E-state index contributed by atoms with van der Waals surface area (Å²) in [5.74, 6) is -1.51. The standard InChI is InChI=1S/C21H23NO4/c1-15(21(25)26-2)13-19(23)18(14-16-9-5-3-6-10-16)22-20(24)17-11-7-4-8-12-17/h3-12,15,18H,13-14H2,1-2H3,(H,22,24). The topological polar surface area (TPSA) is 72.5 Å². The summed E-state index contributed by atoms with van der Waals surface area (Å²) in [6.07, 6.45) is 0.380. The molecule has 0 fully saturated rings. The first-order chi connectivity index (χ1) is 12.5. The lowest BCUT2D eigenvalue weighted by Gasteiger charge is -2.19. The molecule has 0 saturated heterocycles. The van der Waals surface area contributed by atoms with Crippen LogP contribution in [0.15, 0.2) is 60.7 Å². The number of hydrogen-bond acceptors (Lipinski definition) is 4. The van der Waals surface area contributed by atoms with Gasteiger partial charge in [-0.3, -0.25) is 14.4 Å². The van der Waals surface area contributed by atoms with Crippen LogP contribution in [0.2, 0.25) is 0 Å². The number of carbonyl (C=O) groups is 3. The van der Waals surface area contributed by atoms with E-state index in [-0.39, 0.29) is 18.1 Å². The van der Waals surface area contributed by atoms with Crippen LogP contribution >= 0.6 is 0 Å². The summed E-state index contributed by atoms with van der Waals surface area (Å²) in [4.78, 5) is 36.8. The second kappa shape index (κ2) is 9.51. The molecular weight excluding hydrogens is 330 g/mol. The van der Waals surface area contributed by atoms with Crippen LogP contribution in [-0.2, 0) is 20.7 Å². The second-order valence-corrected chi connectivity index (χ2v) is 6.18. The molecule has 0 radical (unpaired) electrons. The molecule has 0 spiro atoms. The molecule has 5 nitrogen and oxygen atoms in total. The van der Waals surface area contributed by atoms with Crippen LogP contribution in [0, 0.1) is 5.92 Å². The van der Waals surface area contributed by atoms with Crippen molar-refractivity contribution in [1.29, 1.82) is 0 Å². The first-order valence-electron chi connectivity index (χ1n) is 8.51. The summed E-state index contributed by atoms with van der Waals surface area (Å²) in [5, 5.41) is 2.80. The summed E-state index contributed by atoms with van der Waals surface area (Å²) >= 11 is 0. The van der Waals surface area contributed by atoms with E-state index in [0.717, 1.165) is 5.56 Å². The molecular formula is C21H23NO4. The molecule has 2 aromatic rings. The highest BCUT2D eigenvalue weighted by Crippen LogP contribution is 2.12. The summed E-state index contributed by atoms with van der Waals surface area (Å²) in [7, 11) is 1.29. The fraction of sp³-hybridized carbons (Fsp3) is 0.286. The van der Waals surface area contributed by atoms with Gasteiger partial charge in [0.05, 0.1) is 19.1 Å². The van der Waals surface area contributed by atoms with Gasteiger partial charge in [-0.25, -0.2) is 0 Å². The molecule has 1 amide bonds. The molecule has 0 bridgehead atoms. The van der Waals surface area contributed by atoms with Crippen LogP contribution in [0.3, 0.4) is 0 Å². The quantitative estimate of drug-likeness (QED) is 0.741. The second-order valence-electron chi connectivity index (χ2n) is 6.18. The molecule has 0 heterocycles. The Bertz CT molecular complexity index is 743. The highest BCUT2D eigenvalue weighted by atomic mass is 16.5. The third-order valence-corrected chi connectivity index (χ3v) is 4.12. The highest BCUT2D eigenvalue weighted by Gasteiger charge is 2.26. The average molecular weight is 353 g/mol. The predicted molar refractivity (Wildman–Crippen MR) is 98.6 cm³/mol. The van der Waals surface area contributed by atoms with Gasteiger partial charge in [-0.05, 0) is 24.1 Å². The number of benzene rings is 2. The Hall–Kier alpha value is -2.95. The molecule has 2 atom stereocenters. The molecule has 2 rings (SSSR count). The van der Waals surface area contributed by atoms with E-state index >= 15 is 0 Å². The molecule has 0 aliphatic heterocycles. The fourth-order valence-electron chi connectivity index (χ4n) is 2.65. The van der Waals surface area contributed by atoms with Crippen molar-refractivity contribution in [3.8, 4) is 0 Å². The average Bonchev–Trinajstić information content (AvgIpc) is 2.68. The minimum atomic E-state index is -0.711. The number of esters is 1. The maximum Gasteiger partial charge on any atom is 0.308 e. The number of ether oxygens (including phenoxy) is 1. The van der Waals surface area contributed by atoms with Crippen LogP contribution in [0.5, 0.6) is 0 Å². The van der Waals surface area contributed by atoms with Gasteiger partial charge in [0.25, 0.3) is 5.91 Å². The van der Waals surface area contributed by atoms with Gasteiger partial charge >= 0.3 is 5.97 Å². The Morgan fingerprint density at radius 1 is 0.962 bits per heavy atom. The van der Waals surface area contributed by atoms with Crippen molar-refractivity contribution in [2.45, 2.75) is 25.8 Å². The van der Waals surface area contributed by atoms with E-state index in [2.05, 4.69) is 10.1 Å². The molecule has 136 valence electrons. The number of rotatable bonds is 8. The van der Waals surface area contributed by atoms with Gasteiger partial charge in [-0.15, -0.1) is 0 Å². The van der Waals surface area contributed by atoms with Gasteiger partial charge in [-0.2, -0.15) is 0 Å². The number of methoxy groups -OCH3 is 1. The number of Topliss-reactive ketones (excluding diaryl/α,β-unsaturated/α-hetero) is 1. The molecule has 0 saturated carbocycles. The smallest absolute Gasteiger partial charge is 0.308 e. The number of ketones is 1. The van der Waals surface area contributed by atoms with E-state index in [0.29, 0.717) is 12.0 Å². The van der Waals surface area contributed by atoms with Crippen molar-refractivity contribution in [3.05, 3.63) is 71.8 Å². The summed E-state index contributed by atoms with van der Waals surface area (Å²) in [6, 6.07) is 17.5. The van der Waals surface area contributed by atoms with Crippen molar-refractivity contribution in [2.75, 3.05) is 7.11 Å². The Morgan fingerprint density at radius 3 is 2.12 bits per heavy atom. The summed E-state index contributed by atoms with van der Waals surface area (Å²) in [5.41, 5.74) is 1.42. The third-order valence-electron chi connectivity index (χ3n) is 4.12. The van der Waals surface area contributed by atoms with Crippen molar-refractivity contribution in [2.24, 2.45) is 5.92 Å². The van der Waals surface area contributed by atoms with Crippen molar-refractivity contribution < 1.29 is 19.1 Å². The normalized spacial score (nSPS) is 12.7. The van der Waals surface area contributed by atoms with Gasteiger partial charge in [0.1, 0.15) is 0 Å². The molecule has 5 heteroatoms. The number of amides is 1. The van der Waals surface area contributed by atoms with E-state index < -0.39 is 17.9 Å². The van der Waals surface area contributed by atoms with E-state index in [1.807, 2.05) is 36.4 Å². The maximum atomic E-state index is 12.7. The lowest BCUT2D eigenvalue weighted by molar-refractivity contribution is -0.146. The first kappa shape index (κ1) is 19.4. The number of nitrogens with one attached hydrogen (secondary N) is 1. The van der Waals surface area contributed by atoms with Crippen molar-refractivity contribution >= 4 is 17.7 Å². The van der Waals surface area contributed by atoms with Crippen LogP contribution in [0.25, 0.3) is 0 Å². The first-order valence-corrected chi connectivity index (χ1v) is 8.51. The summed E-state index contributed by atoms with van der Waals surface area (Å²) in [6.45, 7) is 1.64. The largest absolute Gasteiger partial charge is 0.469 e. The van der Waals surface area contributed by atoms with Gasteiger partial charge in [0.2, 0.25) is 0 Å². The zero-order chi connectivity index (χ0) is 18.9. The minimum absolute atomic E-state index is 0.0131. The summed E-state index contributed by atoms with van der Waals surface area (Å²) < 4.78 is 4.68. The van der Waals surface area contributed by atoms with Gasteiger partial charge in [-0.1, -0.05) is 55.5 Å². The maximum absolute atomic E-state index is 12.7. The van der Waals surface area contributed by atoms with Crippen LogP contribution in [0.4, 0.5) is 0 Å². The zero-order valence-electron chi connectivity index (χ0n) is 15.0. The monoisotopic (exact) mass is 353 g/mol. The van der Waals surface area contributed by atoms with Crippen molar-refractivity contribution in [3.63, 3.8) is 0 Å². The molecule has 0 aliphatic rings. The Labute approximate surface area is 153 Å². The van der Waals surface area contributed by atoms with E-state index in [1.54, 1.807) is 31.2 Å². The lowest BCUT2D eigenvalue weighted by atomic mass is 9.95. The molecule has 1 N–H and O–H groups in total. The molecule has 0 aliphatic carbocycles. The van der Waals surface area contributed by atoms with E-state index in [1.165, 1.54) is 7.11 Å². The zero-order valence-corrected chi connectivity index (χ0v) is 15.0. The van der Waals surface area contributed by atoms with Crippen LogP contribution in [-0.4, -0.2) is 30.8 Å². The highest BCUT2D eigenvalue weighted by molar-refractivity contribution is 5.98. The number of hydrogen-bond donors (Lipinski definition) is 1. The molecule has 2 aromatic carbocycles. The van der Waals surface area contributed by atoms with E-state index in [4.69, 9.17) is 0 Å². The Morgan fingerprint density at radius 2 is 1.54 bits per heavy atom. The van der Waals surface area contributed by atoms with Crippen LogP contribution in [0.1, 0.15) is 29.3 Å². The van der Waals surface area contributed by atoms with Crippen molar-refractivity contribution in [1.82, 2.24) is 5.32 Å². The SMILES string of the molecule is COC(=O)C(C)CC(=O)C(Cc1ccccc1)NC(=O)c1ccccc1.